The molecule has 31 heavy (non-hydrogen) atoms. The topological polar surface area (TPSA) is 32.3 Å². The van der Waals surface area contributed by atoms with E-state index in [1.807, 2.05) is 0 Å². The molecule has 1 fully saturated rings. The van der Waals surface area contributed by atoms with Gasteiger partial charge in [0, 0.05) is 42.8 Å². The fourth-order valence-electron chi connectivity index (χ4n) is 3.65. The van der Waals surface area contributed by atoms with Crippen LogP contribution in [0.4, 0.5) is 27.6 Å². The van der Waals surface area contributed by atoms with Crippen molar-refractivity contribution in [3.05, 3.63) is 62.1 Å². The highest BCUT2D eigenvalue weighted by Gasteiger charge is 2.60. The van der Waals surface area contributed by atoms with E-state index in [4.69, 9.17) is 34.8 Å². The maximum Gasteiger partial charge on any atom is 0.400 e. The van der Waals surface area contributed by atoms with Crippen molar-refractivity contribution in [2.75, 3.05) is 18.0 Å². The molecular formula is C20H16Cl3F5N2O. The van der Waals surface area contributed by atoms with E-state index in [-0.39, 0.29) is 24.0 Å². The summed E-state index contributed by atoms with van der Waals surface area (Å²) in [5, 5.41) is 1.08. The summed E-state index contributed by atoms with van der Waals surface area (Å²) in [6, 6.07) is 5.29. The van der Waals surface area contributed by atoms with Crippen molar-refractivity contribution >= 4 is 46.4 Å². The highest BCUT2D eigenvalue weighted by molar-refractivity contribution is 6.35. The Morgan fingerprint density at radius 1 is 1.13 bits per heavy atom. The second kappa shape index (κ2) is 8.64. The lowest BCUT2D eigenvalue weighted by atomic mass is 9.78. The van der Waals surface area contributed by atoms with Crippen molar-refractivity contribution in [1.29, 1.82) is 0 Å². The Morgan fingerprint density at radius 2 is 1.81 bits per heavy atom. The molecule has 2 aromatic carbocycles. The lowest BCUT2D eigenvalue weighted by molar-refractivity contribution is -0.185. The van der Waals surface area contributed by atoms with Gasteiger partial charge in [0.15, 0.2) is 5.82 Å². The number of amides is 1. The molecule has 1 N–H and O–H groups in total. The van der Waals surface area contributed by atoms with Crippen molar-refractivity contribution in [2.45, 2.75) is 31.5 Å². The second-order valence-electron chi connectivity index (χ2n) is 7.28. The van der Waals surface area contributed by atoms with Gasteiger partial charge in [-0.05, 0) is 30.2 Å². The van der Waals surface area contributed by atoms with Crippen LogP contribution in [0.5, 0.6) is 0 Å². The largest absolute Gasteiger partial charge is 0.400 e. The summed E-state index contributed by atoms with van der Waals surface area (Å²) in [5.41, 5.74) is -2.46. The van der Waals surface area contributed by atoms with Crippen molar-refractivity contribution in [2.24, 2.45) is 0 Å². The Kier molecular flexibility index (Phi) is 6.65. The first kappa shape index (κ1) is 23.9. The van der Waals surface area contributed by atoms with E-state index < -0.39 is 51.8 Å². The van der Waals surface area contributed by atoms with Crippen LogP contribution in [0.3, 0.4) is 0 Å². The van der Waals surface area contributed by atoms with Crippen LogP contribution in [0.15, 0.2) is 24.3 Å². The summed E-state index contributed by atoms with van der Waals surface area (Å²) in [4.78, 5) is 12.5. The molecule has 3 nitrogen and oxygen atoms in total. The van der Waals surface area contributed by atoms with Crippen molar-refractivity contribution in [1.82, 2.24) is 5.32 Å². The van der Waals surface area contributed by atoms with Gasteiger partial charge in [-0.3, -0.25) is 4.79 Å². The molecule has 168 valence electrons. The van der Waals surface area contributed by atoms with Crippen LogP contribution in [-0.4, -0.2) is 25.2 Å². The molecule has 0 aromatic heterocycles. The van der Waals surface area contributed by atoms with Gasteiger partial charge in [0.25, 0.3) is 0 Å². The molecule has 1 heterocycles. The minimum Gasteiger partial charge on any atom is -0.370 e. The lowest BCUT2D eigenvalue weighted by Crippen LogP contribution is -2.45. The zero-order chi connectivity index (χ0) is 23.1. The zero-order valence-corrected chi connectivity index (χ0v) is 18.3. The first-order valence-electron chi connectivity index (χ1n) is 9.05. The number of carbonyl (C=O) groups is 1. The molecule has 0 radical (unpaired) electrons. The SMILES string of the molecule is CC(=O)NCc1ccc(N2CCC(c3cc(Cl)c(F)c(Cl)c3F)(C(F)(F)F)C2)cc1Cl. The molecule has 11 heteroatoms. The van der Waals surface area contributed by atoms with Crippen LogP contribution in [-0.2, 0) is 16.8 Å². The highest BCUT2D eigenvalue weighted by Crippen LogP contribution is 2.51. The zero-order valence-electron chi connectivity index (χ0n) is 16.0. The summed E-state index contributed by atoms with van der Waals surface area (Å²) in [6.07, 6.45) is -5.35. The van der Waals surface area contributed by atoms with Crippen molar-refractivity contribution in [3.8, 4) is 0 Å². The molecule has 0 saturated carbocycles. The van der Waals surface area contributed by atoms with Crippen LogP contribution in [0.1, 0.15) is 24.5 Å². The van der Waals surface area contributed by atoms with E-state index in [1.165, 1.54) is 17.9 Å². The molecule has 1 amide bonds. The van der Waals surface area contributed by atoms with Crippen LogP contribution in [0, 0.1) is 11.6 Å². The molecule has 0 spiro atoms. The number of nitrogens with zero attached hydrogens (tertiary/aromatic N) is 1. The monoisotopic (exact) mass is 500 g/mol. The van der Waals surface area contributed by atoms with Gasteiger partial charge < -0.3 is 10.2 Å². The summed E-state index contributed by atoms with van der Waals surface area (Å²) in [5.74, 6) is -3.04. The van der Waals surface area contributed by atoms with Crippen LogP contribution in [0.2, 0.25) is 15.1 Å². The Morgan fingerprint density at radius 3 is 2.39 bits per heavy atom. The van der Waals surface area contributed by atoms with Crippen molar-refractivity contribution < 1.29 is 26.7 Å². The number of halogens is 8. The molecule has 1 atom stereocenters. The van der Waals surface area contributed by atoms with E-state index in [0.29, 0.717) is 17.3 Å². The summed E-state index contributed by atoms with van der Waals surface area (Å²) < 4.78 is 71.1. The van der Waals surface area contributed by atoms with Gasteiger partial charge in [0.1, 0.15) is 16.3 Å². The molecule has 1 aliphatic heterocycles. The Balaban J connectivity index is 1.98. The first-order valence-corrected chi connectivity index (χ1v) is 10.2. The third kappa shape index (κ3) is 4.43. The number of alkyl halides is 3. The normalized spacial score (nSPS) is 19.1. The molecule has 3 rings (SSSR count). The van der Waals surface area contributed by atoms with Gasteiger partial charge >= 0.3 is 6.18 Å². The highest BCUT2D eigenvalue weighted by atomic mass is 35.5. The van der Waals surface area contributed by atoms with Gasteiger partial charge in [0.05, 0.1) is 5.02 Å². The number of nitrogens with one attached hydrogen (secondary N) is 1. The second-order valence-corrected chi connectivity index (χ2v) is 8.48. The number of hydrogen-bond acceptors (Lipinski definition) is 2. The van der Waals surface area contributed by atoms with Crippen LogP contribution < -0.4 is 10.2 Å². The maximum absolute atomic E-state index is 14.7. The van der Waals surface area contributed by atoms with E-state index in [0.717, 1.165) is 0 Å². The fraction of sp³-hybridized carbons (Fsp3) is 0.350. The molecule has 0 aliphatic carbocycles. The minimum atomic E-state index is -4.86. The summed E-state index contributed by atoms with van der Waals surface area (Å²) >= 11 is 17.4. The maximum atomic E-state index is 14.7. The summed E-state index contributed by atoms with van der Waals surface area (Å²) in [6.45, 7) is 0.815. The smallest absolute Gasteiger partial charge is 0.370 e. The molecule has 1 saturated heterocycles. The summed E-state index contributed by atoms with van der Waals surface area (Å²) in [7, 11) is 0. The Labute approximate surface area is 190 Å². The predicted molar refractivity (Wildman–Crippen MR) is 110 cm³/mol. The molecule has 2 aromatic rings. The number of carbonyl (C=O) groups excluding carboxylic acids is 1. The van der Waals surface area contributed by atoms with Crippen molar-refractivity contribution in [3.63, 3.8) is 0 Å². The van der Waals surface area contributed by atoms with E-state index in [1.54, 1.807) is 12.1 Å². The Bertz CT molecular complexity index is 1030. The van der Waals surface area contributed by atoms with Gasteiger partial charge in [-0.25, -0.2) is 8.78 Å². The van der Waals surface area contributed by atoms with E-state index in [2.05, 4.69) is 5.32 Å². The van der Waals surface area contributed by atoms with Gasteiger partial charge in [-0.2, -0.15) is 13.2 Å². The molecule has 0 bridgehead atoms. The average molecular weight is 502 g/mol. The molecule has 1 unspecified atom stereocenters. The lowest BCUT2D eigenvalue weighted by Gasteiger charge is -2.33. The van der Waals surface area contributed by atoms with E-state index in [9.17, 15) is 26.7 Å². The number of rotatable bonds is 4. The fourth-order valence-corrected chi connectivity index (χ4v) is 4.35. The Hall–Kier alpha value is -1.77. The first-order chi connectivity index (χ1) is 14.4. The van der Waals surface area contributed by atoms with Gasteiger partial charge in [-0.15, -0.1) is 0 Å². The molecular weight excluding hydrogens is 486 g/mol. The van der Waals surface area contributed by atoms with Crippen LogP contribution in [0.25, 0.3) is 0 Å². The predicted octanol–water partition coefficient (Wildman–Crippen LogP) is 6.27. The third-order valence-electron chi connectivity index (χ3n) is 5.36. The third-order valence-corrected chi connectivity index (χ3v) is 6.32. The standard InChI is InChI=1S/C20H16Cl3F5N2O/c1-10(31)29-8-11-2-3-12(6-14(11)21)30-5-4-19(9-30,20(26,27)28)13-7-15(22)18(25)16(23)17(13)24/h2-3,6-7H,4-5,8-9H2,1H3,(H,29,31). The van der Waals surface area contributed by atoms with Gasteiger partial charge in [0.2, 0.25) is 5.91 Å². The van der Waals surface area contributed by atoms with E-state index >= 15 is 0 Å². The van der Waals surface area contributed by atoms with Crippen LogP contribution >= 0.6 is 34.8 Å². The average Bonchev–Trinajstić information content (AvgIpc) is 3.14. The minimum absolute atomic E-state index is 0.0626. The molecule has 1 aliphatic rings. The number of anilines is 1. The quantitative estimate of drug-likeness (QED) is 0.304. The van der Waals surface area contributed by atoms with Gasteiger partial charge in [-0.1, -0.05) is 40.9 Å². The number of hydrogen-bond donors (Lipinski definition) is 1. The number of benzene rings is 2.